The Kier molecular flexibility index (Phi) is 11.1. The van der Waals surface area contributed by atoms with Crippen LogP contribution in [0, 0.1) is 11.6 Å². The molecule has 0 aliphatic rings. The standard InChI is InChI=1S/C35H38F2N2O6/c1-21(2)39-30(16-15-27(40)18-28(41)19-31(42)43)32(23-7-11-25(36)12-8-23)33(24-9-13-26(37)14-10-24)34(39)35(44)38-20-22-5-4-6-29(17-22)45-3/h4-14,17,21,27-28,40-41H,15-16,18-20H2,1-3H3,(H,38,44)(H,42,43)/t27-,28-/m1/s1. The average Bonchev–Trinajstić information content (AvgIpc) is 3.34. The predicted molar refractivity (Wildman–Crippen MR) is 167 cm³/mol. The number of hydrogen-bond donors (Lipinski definition) is 4. The predicted octanol–water partition coefficient (Wildman–Crippen LogP) is 6.14. The van der Waals surface area contributed by atoms with Crippen LogP contribution in [0.1, 0.15) is 60.9 Å². The van der Waals surface area contributed by atoms with Crippen molar-refractivity contribution in [3.8, 4) is 28.0 Å². The number of amides is 1. The van der Waals surface area contributed by atoms with Crippen molar-refractivity contribution in [3.05, 3.63) is 101 Å². The first-order valence-electron chi connectivity index (χ1n) is 14.8. The molecule has 0 aliphatic carbocycles. The minimum atomic E-state index is -1.22. The lowest BCUT2D eigenvalue weighted by molar-refractivity contribution is -0.139. The molecule has 45 heavy (non-hydrogen) atoms. The van der Waals surface area contributed by atoms with Crippen LogP contribution in [0.5, 0.6) is 5.75 Å². The molecule has 0 saturated heterocycles. The molecule has 1 amide bonds. The van der Waals surface area contributed by atoms with Crippen molar-refractivity contribution < 1.29 is 38.4 Å². The lowest BCUT2D eigenvalue weighted by Gasteiger charge is -2.20. The maximum absolute atomic E-state index is 14.2. The highest BCUT2D eigenvalue weighted by Crippen LogP contribution is 2.42. The zero-order chi connectivity index (χ0) is 32.7. The highest BCUT2D eigenvalue weighted by atomic mass is 19.1. The van der Waals surface area contributed by atoms with Crippen molar-refractivity contribution in [3.63, 3.8) is 0 Å². The largest absolute Gasteiger partial charge is 0.497 e. The topological polar surface area (TPSA) is 121 Å². The Morgan fingerprint density at radius 1 is 0.889 bits per heavy atom. The van der Waals surface area contributed by atoms with Gasteiger partial charge in [0.1, 0.15) is 23.1 Å². The summed E-state index contributed by atoms with van der Waals surface area (Å²) in [6, 6.07) is 18.7. The number of carbonyl (C=O) groups is 2. The highest BCUT2D eigenvalue weighted by molar-refractivity contribution is 6.05. The summed E-state index contributed by atoms with van der Waals surface area (Å²) in [7, 11) is 1.56. The number of methoxy groups -OCH3 is 1. The first kappa shape index (κ1) is 33.4. The van der Waals surface area contributed by atoms with E-state index in [1.54, 1.807) is 37.4 Å². The molecule has 4 N–H and O–H groups in total. The van der Waals surface area contributed by atoms with Gasteiger partial charge in [0.15, 0.2) is 0 Å². The first-order valence-corrected chi connectivity index (χ1v) is 14.8. The number of aliphatic hydroxyl groups excluding tert-OH is 2. The molecule has 1 heterocycles. The SMILES string of the molecule is COc1cccc(CNC(=O)c2c(-c3ccc(F)cc3)c(-c3ccc(F)cc3)c(CC[C@@H](O)C[C@@H](O)CC(=O)O)n2C(C)C)c1. The Morgan fingerprint density at radius 2 is 1.49 bits per heavy atom. The van der Waals surface area contributed by atoms with Crippen LogP contribution >= 0.6 is 0 Å². The maximum Gasteiger partial charge on any atom is 0.305 e. The van der Waals surface area contributed by atoms with E-state index in [2.05, 4.69) is 5.32 Å². The normalized spacial score (nSPS) is 12.6. The molecule has 4 rings (SSSR count). The van der Waals surface area contributed by atoms with E-state index in [0.29, 0.717) is 39.4 Å². The van der Waals surface area contributed by atoms with E-state index < -0.39 is 42.1 Å². The average molecular weight is 621 g/mol. The molecule has 4 aromatic rings. The zero-order valence-corrected chi connectivity index (χ0v) is 25.5. The van der Waals surface area contributed by atoms with Crippen molar-refractivity contribution in [1.82, 2.24) is 9.88 Å². The van der Waals surface area contributed by atoms with Gasteiger partial charge >= 0.3 is 5.97 Å². The molecule has 0 unspecified atom stereocenters. The van der Waals surface area contributed by atoms with Gasteiger partial charge in [-0.05, 0) is 86.2 Å². The van der Waals surface area contributed by atoms with Crippen molar-refractivity contribution in [2.45, 2.75) is 64.3 Å². The third-order valence-corrected chi connectivity index (χ3v) is 7.56. The third kappa shape index (κ3) is 8.34. The van der Waals surface area contributed by atoms with Crippen LogP contribution in [0.2, 0.25) is 0 Å². The van der Waals surface area contributed by atoms with E-state index in [1.165, 1.54) is 24.3 Å². The molecule has 0 spiro atoms. The van der Waals surface area contributed by atoms with Gasteiger partial charge in [0.2, 0.25) is 0 Å². The second-order valence-corrected chi connectivity index (χ2v) is 11.2. The summed E-state index contributed by atoms with van der Waals surface area (Å²) in [6.07, 6.45) is -2.50. The van der Waals surface area contributed by atoms with Gasteiger partial charge in [-0.15, -0.1) is 0 Å². The number of carboxylic acids is 1. The van der Waals surface area contributed by atoms with Gasteiger partial charge in [-0.1, -0.05) is 36.4 Å². The van der Waals surface area contributed by atoms with E-state index >= 15 is 0 Å². The Morgan fingerprint density at radius 3 is 2.04 bits per heavy atom. The van der Waals surface area contributed by atoms with E-state index in [0.717, 1.165) is 5.56 Å². The number of hydrogen-bond acceptors (Lipinski definition) is 5. The van der Waals surface area contributed by atoms with Gasteiger partial charge in [0.25, 0.3) is 5.91 Å². The smallest absolute Gasteiger partial charge is 0.305 e. The Labute approximate surface area is 260 Å². The number of aliphatic carboxylic acids is 1. The third-order valence-electron chi connectivity index (χ3n) is 7.56. The molecule has 238 valence electrons. The monoisotopic (exact) mass is 620 g/mol. The number of rotatable bonds is 14. The van der Waals surface area contributed by atoms with Crippen molar-refractivity contribution in [1.29, 1.82) is 0 Å². The summed E-state index contributed by atoms with van der Waals surface area (Å²) in [6.45, 7) is 4.03. The molecule has 10 heteroatoms. The number of aromatic nitrogens is 1. The Bertz CT molecular complexity index is 1620. The second kappa shape index (κ2) is 15.0. The van der Waals surface area contributed by atoms with Crippen molar-refractivity contribution in [2.75, 3.05) is 7.11 Å². The molecular formula is C35H38F2N2O6. The Hall–Kier alpha value is -4.54. The molecule has 0 bridgehead atoms. The highest BCUT2D eigenvalue weighted by Gasteiger charge is 2.30. The molecule has 2 atom stereocenters. The number of carbonyl (C=O) groups excluding carboxylic acids is 1. The lowest BCUT2D eigenvalue weighted by atomic mass is 9.92. The van der Waals surface area contributed by atoms with Crippen LogP contribution in [0.4, 0.5) is 8.78 Å². The lowest BCUT2D eigenvalue weighted by Crippen LogP contribution is -2.27. The van der Waals surface area contributed by atoms with E-state index in [1.807, 2.05) is 36.6 Å². The minimum absolute atomic E-state index is 0.140. The molecule has 0 aliphatic heterocycles. The maximum atomic E-state index is 14.2. The summed E-state index contributed by atoms with van der Waals surface area (Å²) < 4.78 is 35.3. The molecule has 8 nitrogen and oxygen atoms in total. The van der Waals surface area contributed by atoms with Crippen LogP contribution in [0.25, 0.3) is 22.3 Å². The number of halogens is 2. The van der Waals surface area contributed by atoms with Gasteiger partial charge in [-0.3, -0.25) is 9.59 Å². The van der Waals surface area contributed by atoms with Gasteiger partial charge < -0.3 is 29.9 Å². The number of benzene rings is 3. The zero-order valence-electron chi connectivity index (χ0n) is 25.5. The molecule has 0 saturated carbocycles. The molecule has 3 aromatic carbocycles. The van der Waals surface area contributed by atoms with Gasteiger partial charge in [0, 0.05) is 29.4 Å². The van der Waals surface area contributed by atoms with E-state index in [4.69, 9.17) is 9.84 Å². The van der Waals surface area contributed by atoms with Gasteiger partial charge in [-0.2, -0.15) is 0 Å². The fraction of sp³-hybridized carbons (Fsp3) is 0.314. The van der Waals surface area contributed by atoms with Gasteiger partial charge in [-0.25, -0.2) is 8.78 Å². The summed E-state index contributed by atoms with van der Waals surface area (Å²) >= 11 is 0. The van der Waals surface area contributed by atoms with Gasteiger partial charge in [0.05, 0.1) is 25.7 Å². The first-order chi connectivity index (χ1) is 21.5. The van der Waals surface area contributed by atoms with Crippen LogP contribution < -0.4 is 10.1 Å². The van der Waals surface area contributed by atoms with Crippen molar-refractivity contribution in [2.24, 2.45) is 0 Å². The Balaban J connectivity index is 1.86. The van der Waals surface area contributed by atoms with Crippen LogP contribution in [-0.2, 0) is 17.8 Å². The van der Waals surface area contributed by atoms with E-state index in [9.17, 15) is 28.6 Å². The van der Waals surface area contributed by atoms with Crippen molar-refractivity contribution >= 4 is 11.9 Å². The summed E-state index contributed by atoms with van der Waals surface area (Å²) in [5.74, 6) is -1.80. The fourth-order valence-electron chi connectivity index (χ4n) is 5.57. The summed E-state index contributed by atoms with van der Waals surface area (Å²) in [5, 5.41) is 32.9. The minimum Gasteiger partial charge on any atom is -0.497 e. The second-order valence-electron chi connectivity index (χ2n) is 11.2. The molecule has 0 radical (unpaired) electrons. The number of carboxylic acid groups (broad SMARTS) is 1. The van der Waals surface area contributed by atoms with Crippen LogP contribution in [0.15, 0.2) is 72.8 Å². The number of ether oxygens (including phenoxy) is 1. The number of aliphatic hydroxyl groups is 2. The quantitative estimate of drug-likeness (QED) is 0.134. The van der Waals surface area contributed by atoms with Crippen LogP contribution in [-0.4, -0.2) is 51.1 Å². The molecule has 0 fully saturated rings. The van der Waals surface area contributed by atoms with Crippen LogP contribution in [0.3, 0.4) is 0 Å². The number of nitrogens with one attached hydrogen (secondary N) is 1. The fourth-order valence-corrected chi connectivity index (χ4v) is 5.57. The number of nitrogens with zero attached hydrogens (tertiary/aromatic N) is 1. The molecule has 1 aromatic heterocycles. The summed E-state index contributed by atoms with van der Waals surface area (Å²) in [5.41, 5.74) is 4.14. The molecular weight excluding hydrogens is 582 g/mol. The summed E-state index contributed by atoms with van der Waals surface area (Å²) in [4.78, 5) is 25.2. The van der Waals surface area contributed by atoms with E-state index in [-0.39, 0.29) is 31.8 Å².